The smallest absolute Gasteiger partial charge is 0.274 e. The summed E-state index contributed by atoms with van der Waals surface area (Å²) in [6, 6.07) is 1.93. The summed E-state index contributed by atoms with van der Waals surface area (Å²) < 4.78 is 10.6. The third kappa shape index (κ3) is 0.896. The molecule has 0 aliphatic carbocycles. The fraction of sp³-hybridized carbons (Fsp3) is 0.750. The second-order valence-corrected chi connectivity index (χ2v) is 3.03. The number of rotatable bonds is 0. The number of ether oxygens (including phenoxy) is 2. The van der Waals surface area contributed by atoms with Gasteiger partial charge in [-0.25, -0.2) is 6.57 Å². The summed E-state index contributed by atoms with van der Waals surface area (Å²) in [4.78, 5) is 3.39. The van der Waals surface area contributed by atoms with Crippen LogP contribution in [0, 0.1) is 23.8 Å². The highest BCUT2D eigenvalue weighted by molar-refractivity contribution is 5.07. The lowest BCUT2D eigenvalue weighted by Gasteiger charge is -2.06. The van der Waals surface area contributed by atoms with Gasteiger partial charge < -0.3 is 14.3 Å². The lowest BCUT2D eigenvalue weighted by Crippen LogP contribution is -2.26. The van der Waals surface area contributed by atoms with Crippen molar-refractivity contribution in [1.82, 2.24) is 0 Å². The third-order valence-electron chi connectivity index (χ3n) is 2.36. The van der Waals surface area contributed by atoms with Gasteiger partial charge in [-0.2, -0.15) is 5.26 Å². The molecule has 0 aromatic rings. The first-order valence-corrected chi connectivity index (χ1v) is 3.86. The van der Waals surface area contributed by atoms with Gasteiger partial charge in [0.05, 0.1) is 18.6 Å². The Morgan fingerprint density at radius 1 is 1.33 bits per heavy atom. The van der Waals surface area contributed by atoms with Crippen molar-refractivity contribution in [2.24, 2.45) is 5.92 Å². The summed E-state index contributed by atoms with van der Waals surface area (Å²) in [5.74, 6) is -0.179. The van der Waals surface area contributed by atoms with E-state index in [4.69, 9.17) is 21.3 Å². The number of nitriles is 1. The van der Waals surface area contributed by atoms with Crippen molar-refractivity contribution in [3.05, 3.63) is 11.4 Å². The van der Waals surface area contributed by atoms with Gasteiger partial charge in [0.1, 0.15) is 12.7 Å². The van der Waals surface area contributed by atoms with E-state index in [1.807, 2.05) is 0 Å². The highest BCUT2D eigenvalue weighted by atomic mass is 16.6. The van der Waals surface area contributed by atoms with Gasteiger partial charge in [-0.3, -0.25) is 0 Å². The molecule has 0 aromatic carbocycles. The summed E-state index contributed by atoms with van der Waals surface area (Å²) >= 11 is 0. The molecule has 4 nitrogen and oxygen atoms in total. The second-order valence-electron chi connectivity index (χ2n) is 3.03. The maximum absolute atomic E-state index is 8.68. The van der Waals surface area contributed by atoms with Crippen molar-refractivity contribution >= 4 is 0 Å². The minimum atomic E-state index is -0.201. The number of hydrogen-bond donors (Lipinski definition) is 0. The molecule has 2 aliphatic heterocycles. The molecule has 4 atom stereocenters. The summed E-state index contributed by atoms with van der Waals surface area (Å²) in [6.07, 6.45) is -0.318. The number of nitrogens with zero attached hydrogens (tertiary/aromatic N) is 2. The Morgan fingerprint density at radius 3 is 2.75 bits per heavy atom. The highest BCUT2D eigenvalue weighted by Crippen LogP contribution is 2.31. The standard InChI is InChI=1S/C8H8N2O2/c1-10-6-4-12-7-5(2-9)3-11-8(6)7/h5-8H,3-4H2. The van der Waals surface area contributed by atoms with E-state index in [9.17, 15) is 0 Å². The van der Waals surface area contributed by atoms with E-state index in [1.54, 1.807) is 0 Å². The molecule has 0 aromatic heterocycles. The van der Waals surface area contributed by atoms with Crippen molar-refractivity contribution in [2.45, 2.75) is 18.2 Å². The van der Waals surface area contributed by atoms with E-state index < -0.39 is 0 Å². The van der Waals surface area contributed by atoms with E-state index in [2.05, 4.69) is 10.9 Å². The lowest BCUT2D eigenvalue weighted by atomic mass is 10.0. The first-order valence-electron chi connectivity index (χ1n) is 3.86. The van der Waals surface area contributed by atoms with E-state index in [-0.39, 0.29) is 24.2 Å². The van der Waals surface area contributed by atoms with Crippen LogP contribution in [0.2, 0.25) is 0 Å². The summed E-state index contributed by atoms with van der Waals surface area (Å²) in [5, 5.41) is 8.68. The topological polar surface area (TPSA) is 46.6 Å². The Kier molecular flexibility index (Phi) is 1.73. The van der Waals surface area contributed by atoms with E-state index >= 15 is 0 Å². The normalized spacial score (nSPS) is 44.8. The van der Waals surface area contributed by atoms with Crippen LogP contribution in [-0.2, 0) is 9.47 Å². The minimum absolute atomic E-state index is 0.158. The Balaban J connectivity index is 2.13. The van der Waals surface area contributed by atoms with Gasteiger partial charge in [0, 0.05) is 0 Å². The SMILES string of the molecule is [C-]#[N+]C1COC2C(C#N)COC12. The summed E-state index contributed by atoms with van der Waals surface area (Å²) in [7, 11) is 0. The average Bonchev–Trinajstić information content (AvgIpc) is 2.62. The molecule has 12 heavy (non-hydrogen) atoms. The molecule has 4 heteroatoms. The molecule has 2 heterocycles. The van der Waals surface area contributed by atoms with Crippen LogP contribution in [0.3, 0.4) is 0 Å². The molecular weight excluding hydrogens is 156 g/mol. The van der Waals surface area contributed by atoms with Gasteiger partial charge in [0.25, 0.3) is 6.04 Å². The van der Waals surface area contributed by atoms with Crippen molar-refractivity contribution in [3.63, 3.8) is 0 Å². The molecule has 0 saturated carbocycles. The predicted molar refractivity (Wildman–Crippen MR) is 39.0 cm³/mol. The van der Waals surface area contributed by atoms with E-state index in [0.29, 0.717) is 13.2 Å². The number of hydrogen-bond acceptors (Lipinski definition) is 3. The molecule has 0 radical (unpaired) electrons. The van der Waals surface area contributed by atoms with Crippen molar-refractivity contribution in [2.75, 3.05) is 13.2 Å². The Bertz CT molecular complexity index is 237. The van der Waals surface area contributed by atoms with Crippen molar-refractivity contribution < 1.29 is 9.47 Å². The zero-order chi connectivity index (χ0) is 8.55. The summed E-state index contributed by atoms with van der Waals surface area (Å²) in [5.41, 5.74) is 0. The van der Waals surface area contributed by atoms with Crippen LogP contribution in [0.25, 0.3) is 4.85 Å². The monoisotopic (exact) mass is 164 g/mol. The molecule has 62 valence electrons. The predicted octanol–water partition coefficient (Wildman–Crippen LogP) is 0.212. The van der Waals surface area contributed by atoms with Gasteiger partial charge >= 0.3 is 0 Å². The Labute approximate surface area is 70.5 Å². The first-order chi connectivity index (χ1) is 5.86. The fourth-order valence-corrected chi connectivity index (χ4v) is 1.70. The largest absolute Gasteiger partial charge is 0.366 e. The zero-order valence-electron chi connectivity index (χ0n) is 6.43. The molecule has 2 saturated heterocycles. The van der Waals surface area contributed by atoms with Gasteiger partial charge in [-0.05, 0) is 0 Å². The molecule has 2 rings (SSSR count). The molecular formula is C8H8N2O2. The van der Waals surface area contributed by atoms with Crippen LogP contribution in [-0.4, -0.2) is 31.5 Å². The Hall–Kier alpha value is -1.10. The molecule has 4 unspecified atom stereocenters. The average molecular weight is 164 g/mol. The van der Waals surface area contributed by atoms with Crippen molar-refractivity contribution in [1.29, 1.82) is 5.26 Å². The van der Waals surface area contributed by atoms with Crippen LogP contribution in [0.15, 0.2) is 0 Å². The molecule has 2 aliphatic rings. The van der Waals surface area contributed by atoms with E-state index in [0.717, 1.165) is 0 Å². The summed E-state index contributed by atoms with van der Waals surface area (Å²) in [6.45, 7) is 7.68. The van der Waals surface area contributed by atoms with E-state index in [1.165, 1.54) is 0 Å². The third-order valence-corrected chi connectivity index (χ3v) is 2.36. The van der Waals surface area contributed by atoms with Crippen LogP contribution in [0.1, 0.15) is 0 Å². The van der Waals surface area contributed by atoms with Crippen LogP contribution in [0.5, 0.6) is 0 Å². The highest BCUT2D eigenvalue weighted by Gasteiger charge is 2.51. The van der Waals surface area contributed by atoms with Gasteiger partial charge in [0.15, 0.2) is 6.10 Å². The molecule has 0 amide bonds. The molecule has 0 N–H and O–H groups in total. The van der Waals surface area contributed by atoms with Crippen LogP contribution in [0.4, 0.5) is 0 Å². The van der Waals surface area contributed by atoms with Crippen LogP contribution < -0.4 is 0 Å². The molecule has 0 spiro atoms. The van der Waals surface area contributed by atoms with Gasteiger partial charge in [0.2, 0.25) is 0 Å². The fourth-order valence-electron chi connectivity index (χ4n) is 1.70. The van der Waals surface area contributed by atoms with Crippen molar-refractivity contribution in [3.8, 4) is 6.07 Å². The van der Waals surface area contributed by atoms with Gasteiger partial charge in [-0.15, -0.1) is 0 Å². The zero-order valence-corrected chi connectivity index (χ0v) is 6.43. The molecule has 2 fully saturated rings. The maximum Gasteiger partial charge on any atom is 0.274 e. The maximum atomic E-state index is 8.68. The second kappa shape index (κ2) is 2.75. The molecule has 0 bridgehead atoms. The minimum Gasteiger partial charge on any atom is -0.366 e. The first kappa shape index (κ1) is 7.54. The quantitative estimate of drug-likeness (QED) is 0.481. The van der Waals surface area contributed by atoms with Crippen LogP contribution >= 0.6 is 0 Å². The Morgan fingerprint density at radius 2 is 2.08 bits per heavy atom. The van der Waals surface area contributed by atoms with Gasteiger partial charge in [-0.1, -0.05) is 0 Å². The lowest BCUT2D eigenvalue weighted by molar-refractivity contribution is 0.0686. The number of fused-ring (bicyclic) bond motifs is 1.